The van der Waals surface area contributed by atoms with Crippen molar-refractivity contribution in [3.8, 4) is 0 Å². The highest BCUT2D eigenvalue weighted by molar-refractivity contribution is 5.85. The van der Waals surface area contributed by atoms with Crippen molar-refractivity contribution in [2.75, 3.05) is 0 Å². The van der Waals surface area contributed by atoms with E-state index >= 15 is 0 Å². The molecule has 1 atom stereocenters. The second-order valence-electron chi connectivity index (χ2n) is 6.02. The molecule has 0 aliphatic heterocycles. The molecule has 3 N–H and O–H groups in total. The first-order valence-corrected chi connectivity index (χ1v) is 7.73. The molecule has 2 aromatic rings. The normalized spacial score (nSPS) is 18.0. The van der Waals surface area contributed by atoms with Crippen LogP contribution in [-0.4, -0.2) is 21.7 Å². The van der Waals surface area contributed by atoms with Gasteiger partial charge in [0.1, 0.15) is 6.04 Å². The summed E-state index contributed by atoms with van der Waals surface area (Å²) < 4.78 is 2.35. The van der Waals surface area contributed by atoms with E-state index in [0.29, 0.717) is 12.5 Å². The molecule has 1 unspecified atom stereocenters. The number of carbonyl (C=O) groups is 1. The minimum atomic E-state index is -0.940. The number of aliphatic carboxylic acids is 1. The SMILES string of the molecule is NC(Cc1cn(C2CCCCC2)c2ccccc12)C(=O)O. The molecule has 0 saturated heterocycles. The third-order valence-corrected chi connectivity index (χ3v) is 4.55. The van der Waals surface area contributed by atoms with Crippen LogP contribution in [0, 0.1) is 0 Å². The highest BCUT2D eigenvalue weighted by Gasteiger charge is 2.21. The van der Waals surface area contributed by atoms with E-state index < -0.39 is 12.0 Å². The van der Waals surface area contributed by atoms with Crippen LogP contribution in [0.2, 0.25) is 0 Å². The van der Waals surface area contributed by atoms with Gasteiger partial charge in [-0.05, 0) is 24.5 Å². The zero-order valence-electron chi connectivity index (χ0n) is 12.2. The summed E-state index contributed by atoms with van der Waals surface area (Å²) in [5.74, 6) is -0.940. The number of carboxylic acids is 1. The van der Waals surface area contributed by atoms with Gasteiger partial charge in [0, 0.05) is 29.6 Å². The summed E-state index contributed by atoms with van der Waals surface area (Å²) in [5.41, 5.74) is 7.97. The first-order valence-electron chi connectivity index (χ1n) is 7.73. The molecule has 1 aliphatic carbocycles. The summed E-state index contributed by atoms with van der Waals surface area (Å²) in [6.45, 7) is 0. The van der Waals surface area contributed by atoms with Crippen molar-refractivity contribution < 1.29 is 9.90 Å². The second-order valence-corrected chi connectivity index (χ2v) is 6.02. The average molecular weight is 286 g/mol. The number of carboxylic acid groups (broad SMARTS) is 1. The van der Waals surface area contributed by atoms with Crippen LogP contribution in [0.25, 0.3) is 10.9 Å². The molecule has 112 valence electrons. The van der Waals surface area contributed by atoms with E-state index in [-0.39, 0.29) is 0 Å². The Balaban J connectivity index is 1.99. The zero-order valence-corrected chi connectivity index (χ0v) is 12.2. The van der Waals surface area contributed by atoms with Crippen LogP contribution in [0.5, 0.6) is 0 Å². The van der Waals surface area contributed by atoms with Gasteiger partial charge in [0.25, 0.3) is 0 Å². The van der Waals surface area contributed by atoms with E-state index in [4.69, 9.17) is 10.8 Å². The molecule has 0 spiro atoms. The van der Waals surface area contributed by atoms with Crippen molar-refractivity contribution in [3.63, 3.8) is 0 Å². The van der Waals surface area contributed by atoms with Gasteiger partial charge in [-0.15, -0.1) is 0 Å². The van der Waals surface area contributed by atoms with Gasteiger partial charge in [-0.3, -0.25) is 4.79 Å². The van der Waals surface area contributed by atoms with E-state index in [1.54, 1.807) is 0 Å². The van der Waals surface area contributed by atoms with E-state index in [9.17, 15) is 4.79 Å². The van der Waals surface area contributed by atoms with E-state index in [0.717, 1.165) is 10.9 Å². The lowest BCUT2D eigenvalue weighted by molar-refractivity contribution is -0.138. The number of nitrogens with zero attached hydrogens (tertiary/aromatic N) is 1. The van der Waals surface area contributed by atoms with Gasteiger partial charge in [0.05, 0.1) is 0 Å². The van der Waals surface area contributed by atoms with E-state index in [1.165, 1.54) is 37.6 Å². The molecule has 4 nitrogen and oxygen atoms in total. The summed E-state index contributed by atoms with van der Waals surface area (Å²) in [6.07, 6.45) is 8.82. The fraction of sp³-hybridized carbons (Fsp3) is 0.471. The Kier molecular flexibility index (Phi) is 3.97. The molecule has 1 heterocycles. The number of fused-ring (bicyclic) bond motifs is 1. The van der Waals surface area contributed by atoms with E-state index in [2.05, 4.69) is 22.9 Å². The first kappa shape index (κ1) is 14.1. The fourth-order valence-corrected chi connectivity index (χ4v) is 3.43. The van der Waals surface area contributed by atoms with Crippen molar-refractivity contribution in [1.82, 2.24) is 4.57 Å². The van der Waals surface area contributed by atoms with Crippen molar-refractivity contribution in [3.05, 3.63) is 36.0 Å². The predicted molar refractivity (Wildman–Crippen MR) is 83.4 cm³/mol. The highest BCUT2D eigenvalue weighted by Crippen LogP contribution is 2.33. The topological polar surface area (TPSA) is 68.2 Å². The number of hydrogen-bond acceptors (Lipinski definition) is 2. The lowest BCUT2D eigenvalue weighted by Gasteiger charge is -2.24. The van der Waals surface area contributed by atoms with Crippen molar-refractivity contribution in [2.45, 2.75) is 50.6 Å². The molecular formula is C17H22N2O2. The van der Waals surface area contributed by atoms with Crippen molar-refractivity contribution in [1.29, 1.82) is 0 Å². The first-order chi connectivity index (χ1) is 10.2. The average Bonchev–Trinajstić information content (AvgIpc) is 2.87. The number of nitrogens with two attached hydrogens (primary N) is 1. The number of para-hydroxylation sites is 1. The summed E-state index contributed by atoms with van der Waals surface area (Å²) in [5, 5.41) is 10.2. The molecule has 4 heteroatoms. The van der Waals surface area contributed by atoms with Crippen molar-refractivity contribution in [2.24, 2.45) is 5.73 Å². The molecule has 1 aromatic heterocycles. The fourth-order valence-electron chi connectivity index (χ4n) is 3.43. The summed E-state index contributed by atoms with van der Waals surface area (Å²) in [7, 11) is 0. The predicted octanol–water partition coefficient (Wildman–Crippen LogP) is 3.10. The molecule has 0 amide bonds. The molecule has 1 fully saturated rings. The Morgan fingerprint density at radius 2 is 2.00 bits per heavy atom. The third-order valence-electron chi connectivity index (χ3n) is 4.55. The molecule has 1 aliphatic rings. The molecular weight excluding hydrogens is 264 g/mol. The molecule has 1 aromatic carbocycles. The number of benzene rings is 1. The summed E-state index contributed by atoms with van der Waals surface area (Å²) in [6, 6.07) is 7.94. The minimum Gasteiger partial charge on any atom is -0.480 e. The minimum absolute atomic E-state index is 0.384. The smallest absolute Gasteiger partial charge is 0.320 e. The van der Waals surface area contributed by atoms with Gasteiger partial charge in [0.15, 0.2) is 0 Å². The van der Waals surface area contributed by atoms with Crippen LogP contribution in [-0.2, 0) is 11.2 Å². The Bertz CT molecular complexity index is 641. The molecule has 0 bridgehead atoms. The standard InChI is InChI=1S/C17H22N2O2/c18-15(17(20)21)10-12-11-19(13-6-2-1-3-7-13)16-9-5-4-8-14(12)16/h4-5,8-9,11,13,15H,1-3,6-7,10,18H2,(H,20,21). The number of aromatic nitrogens is 1. The Labute approximate surface area is 124 Å². The lowest BCUT2D eigenvalue weighted by Crippen LogP contribution is -2.32. The number of rotatable bonds is 4. The zero-order chi connectivity index (χ0) is 14.8. The van der Waals surface area contributed by atoms with E-state index in [1.807, 2.05) is 12.1 Å². The van der Waals surface area contributed by atoms with Crippen LogP contribution < -0.4 is 5.73 Å². The van der Waals surface area contributed by atoms with Gasteiger partial charge in [-0.1, -0.05) is 37.5 Å². The van der Waals surface area contributed by atoms with Crippen LogP contribution >= 0.6 is 0 Å². The second kappa shape index (κ2) is 5.90. The largest absolute Gasteiger partial charge is 0.480 e. The van der Waals surface area contributed by atoms with Gasteiger partial charge < -0.3 is 15.4 Å². The van der Waals surface area contributed by atoms with Crippen molar-refractivity contribution >= 4 is 16.9 Å². The third kappa shape index (κ3) is 2.81. The van der Waals surface area contributed by atoms with Gasteiger partial charge in [-0.2, -0.15) is 0 Å². The Morgan fingerprint density at radius 1 is 1.29 bits per heavy atom. The van der Waals surface area contributed by atoms with Crippen LogP contribution in [0.4, 0.5) is 0 Å². The Hall–Kier alpha value is -1.81. The quantitative estimate of drug-likeness (QED) is 0.907. The summed E-state index contributed by atoms with van der Waals surface area (Å²) >= 11 is 0. The maximum atomic E-state index is 11.0. The van der Waals surface area contributed by atoms with Crippen LogP contribution in [0.3, 0.4) is 0 Å². The lowest BCUT2D eigenvalue weighted by atomic mass is 9.95. The maximum Gasteiger partial charge on any atom is 0.320 e. The maximum absolute atomic E-state index is 11.0. The molecule has 21 heavy (non-hydrogen) atoms. The van der Waals surface area contributed by atoms with Crippen LogP contribution in [0.15, 0.2) is 30.5 Å². The van der Waals surface area contributed by atoms with Gasteiger partial charge in [-0.25, -0.2) is 0 Å². The summed E-state index contributed by atoms with van der Waals surface area (Å²) in [4.78, 5) is 11.0. The number of hydrogen-bond donors (Lipinski definition) is 2. The monoisotopic (exact) mass is 286 g/mol. The van der Waals surface area contributed by atoms with Gasteiger partial charge >= 0.3 is 5.97 Å². The highest BCUT2D eigenvalue weighted by atomic mass is 16.4. The molecule has 1 saturated carbocycles. The Morgan fingerprint density at radius 3 is 2.71 bits per heavy atom. The molecule has 0 radical (unpaired) electrons. The molecule has 3 rings (SSSR count). The van der Waals surface area contributed by atoms with Gasteiger partial charge in [0.2, 0.25) is 0 Å². The van der Waals surface area contributed by atoms with Crippen LogP contribution in [0.1, 0.15) is 43.7 Å².